The van der Waals surface area contributed by atoms with Crippen LogP contribution in [0.5, 0.6) is 0 Å². The van der Waals surface area contributed by atoms with Crippen molar-refractivity contribution in [2.24, 2.45) is 0 Å². The summed E-state index contributed by atoms with van der Waals surface area (Å²) in [6, 6.07) is 17.3. The lowest BCUT2D eigenvalue weighted by Gasteiger charge is -2.23. The molecule has 4 heteroatoms. The molecule has 0 heterocycles. The van der Waals surface area contributed by atoms with Gasteiger partial charge >= 0.3 is 6.03 Å². The van der Waals surface area contributed by atoms with Crippen molar-refractivity contribution in [1.29, 1.82) is 0 Å². The number of rotatable bonds is 6. The van der Waals surface area contributed by atoms with Gasteiger partial charge in [-0.1, -0.05) is 56.3 Å². The van der Waals surface area contributed by atoms with Gasteiger partial charge in [-0.15, -0.1) is 0 Å². The number of carbonyl (C=O) groups excluding carboxylic acids is 1. The van der Waals surface area contributed by atoms with Crippen LogP contribution in [0.3, 0.4) is 0 Å². The van der Waals surface area contributed by atoms with Crippen molar-refractivity contribution < 1.29 is 10.0 Å². The van der Waals surface area contributed by atoms with Crippen molar-refractivity contribution >= 4 is 11.7 Å². The summed E-state index contributed by atoms with van der Waals surface area (Å²) in [5, 5.41) is 13.4. The second-order valence-electron chi connectivity index (χ2n) is 5.60. The Balaban J connectivity index is 1.96. The number of benzene rings is 2. The van der Waals surface area contributed by atoms with Gasteiger partial charge in [0.2, 0.25) is 0 Å². The van der Waals surface area contributed by atoms with Gasteiger partial charge in [0.05, 0.1) is 6.04 Å². The lowest BCUT2D eigenvalue weighted by atomic mass is 10.0. The van der Waals surface area contributed by atoms with Crippen LogP contribution in [-0.2, 0) is 6.42 Å². The molecule has 0 aromatic heterocycles. The fourth-order valence-corrected chi connectivity index (χ4v) is 2.52. The number of urea groups is 1. The molecule has 2 aromatic carbocycles. The van der Waals surface area contributed by atoms with E-state index in [2.05, 4.69) is 17.4 Å². The number of nitrogens with one attached hydrogen (secondary N) is 1. The van der Waals surface area contributed by atoms with E-state index in [1.165, 1.54) is 11.1 Å². The summed E-state index contributed by atoms with van der Waals surface area (Å²) in [7, 11) is 0. The average molecular weight is 312 g/mol. The van der Waals surface area contributed by atoms with E-state index in [0.29, 0.717) is 5.69 Å². The Morgan fingerprint density at radius 1 is 1.00 bits per heavy atom. The van der Waals surface area contributed by atoms with Crippen LogP contribution in [0.2, 0.25) is 0 Å². The molecule has 2 N–H and O–H groups in total. The number of hydroxylamine groups is 2. The lowest BCUT2D eigenvalue weighted by Crippen LogP contribution is -2.39. The SMILES string of the molecule is CCC(CC)N(O)C(=O)Nc1ccc(Cc2ccccc2)cc1. The van der Waals surface area contributed by atoms with Gasteiger partial charge in [0.15, 0.2) is 0 Å². The highest BCUT2D eigenvalue weighted by Crippen LogP contribution is 2.15. The largest absolute Gasteiger partial charge is 0.345 e. The maximum absolute atomic E-state index is 12.0. The van der Waals surface area contributed by atoms with Gasteiger partial charge in [-0.2, -0.15) is 0 Å². The van der Waals surface area contributed by atoms with Crippen molar-refractivity contribution in [3.05, 3.63) is 65.7 Å². The predicted octanol–water partition coefficient (Wildman–Crippen LogP) is 4.69. The number of anilines is 1. The molecule has 4 nitrogen and oxygen atoms in total. The summed E-state index contributed by atoms with van der Waals surface area (Å²) in [5.41, 5.74) is 3.10. The Morgan fingerprint density at radius 3 is 2.13 bits per heavy atom. The van der Waals surface area contributed by atoms with Crippen molar-refractivity contribution in [2.75, 3.05) is 5.32 Å². The molecule has 0 spiro atoms. The fourth-order valence-electron chi connectivity index (χ4n) is 2.52. The second kappa shape index (κ2) is 8.34. The van der Waals surface area contributed by atoms with Crippen LogP contribution in [0.1, 0.15) is 37.8 Å². The first-order valence-electron chi connectivity index (χ1n) is 8.06. The third kappa shape index (κ3) is 4.83. The number of hydrogen-bond donors (Lipinski definition) is 2. The molecule has 0 bridgehead atoms. The minimum Gasteiger partial charge on any atom is -0.306 e. The normalized spacial score (nSPS) is 10.6. The Bertz CT molecular complexity index is 607. The van der Waals surface area contributed by atoms with Crippen molar-refractivity contribution in [3.8, 4) is 0 Å². The van der Waals surface area contributed by atoms with Crippen LogP contribution in [0.4, 0.5) is 10.5 Å². The predicted molar refractivity (Wildman–Crippen MR) is 92.7 cm³/mol. The molecule has 2 rings (SSSR count). The highest BCUT2D eigenvalue weighted by Gasteiger charge is 2.18. The highest BCUT2D eigenvalue weighted by molar-refractivity contribution is 5.88. The zero-order valence-corrected chi connectivity index (χ0v) is 13.7. The first-order valence-corrected chi connectivity index (χ1v) is 8.06. The van der Waals surface area contributed by atoms with Crippen LogP contribution in [0.25, 0.3) is 0 Å². The Labute approximate surface area is 137 Å². The van der Waals surface area contributed by atoms with E-state index in [4.69, 9.17) is 0 Å². The lowest BCUT2D eigenvalue weighted by molar-refractivity contribution is -0.0747. The molecular formula is C19H24N2O2. The third-order valence-electron chi connectivity index (χ3n) is 3.95. The van der Waals surface area contributed by atoms with Crippen LogP contribution >= 0.6 is 0 Å². The van der Waals surface area contributed by atoms with Crippen LogP contribution in [0.15, 0.2) is 54.6 Å². The Kier molecular flexibility index (Phi) is 6.18. The molecule has 23 heavy (non-hydrogen) atoms. The topological polar surface area (TPSA) is 52.6 Å². The van der Waals surface area contributed by atoms with E-state index in [-0.39, 0.29) is 6.04 Å². The fraction of sp³-hybridized carbons (Fsp3) is 0.316. The molecule has 0 aliphatic rings. The zero-order valence-electron chi connectivity index (χ0n) is 13.7. The molecule has 0 radical (unpaired) electrons. The molecule has 0 aliphatic carbocycles. The summed E-state index contributed by atoms with van der Waals surface area (Å²) >= 11 is 0. The van der Waals surface area contributed by atoms with E-state index in [1.54, 1.807) is 0 Å². The molecular weight excluding hydrogens is 288 g/mol. The number of hydrogen-bond acceptors (Lipinski definition) is 2. The average Bonchev–Trinajstić information content (AvgIpc) is 2.58. The minimum atomic E-state index is -0.491. The van der Waals surface area contributed by atoms with Gasteiger partial charge in [-0.25, -0.2) is 9.86 Å². The van der Waals surface area contributed by atoms with Gasteiger partial charge in [0.25, 0.3) is 0 Å². The molecule has 0 atom stereocenters. The standard InChI is InChI=1S/C19H24N2O2/c1-3-18(4-2)21(23)19(22)20-17-12-10-16(11-13-17)14-15-8-6-5-7-9-15/h5-13,18,23H,3-4,14H2,1-2H3,(H,20,22). The smallest absolute Gasteiger partial charge is 0.306 e. The van der Waals surface area contributed by atoms with Gasteiger partial charge < -0.3 is 5.32 Å². The molecule has 0 fully saturated rings. The molecule has 2 aromatic rings. The minimum absolute atomic E-state index is 0.160. The van der Waals surface area contributed by atoms with Gasteiger partial charge in [-0.05, 0) is 42.5 Å². The molecule has 122 valence electrons. The van der Waals surface area contributed by atoms with E-state index in [1.807, 2.05) is 56.3 Å². The summed E-state index contributed by atoms with van der Waals surface area (Å²) in [6.45, 7) is 3.89. The zero-order chi connectivity index (χ0) is 16.7. The maximum atomic E-state index is 12.0. The van der Waals surface area contributed by atoms with E-state index in [9.17, 15) is 10.0 Å². The summed E-state index contributed by atoms with van der Waals surface area (Å²) in [6.07, 6.45) is 2.29. The van der Waals surface area contributed by atoms with Crippen molar-refractivity contribution in [1.82, 2.24) is 5.06 Å². The third-order valence-corrected chi connectivity index (χ3v) is 3.95. The highest BCUT2D eigenvalue weighted by atomic mass is 16.5. The Morgan fingerprint density at radius 2 is 1.57 bits per heavy atom. The molecule has 0 saturated heterocycles. The molecule has 0 unspecified atom stereocenters. The summed E-state index contributed by atoms with van der Waals surface area (Å²) < 4.78 is 0. The molecule has 0 aliphatic heterocycles. The van der Waals surface area contributed by atoms with Gasteiger partial charge in [0, 0.05) is 5.69 Å². The number of nitrogens with zero attached hydrogens (tertiary/aromatic N) is 1. The van der Waals surface area contributed by atoms with Crippen LogP contribution in [-0.4, -0.2) is 22.3 Å². The van der Waals surface area contributed by atoms with E-state index >= 15 is 0 Å². The molecule has 0 saturated carbocycles. The van der Waals surface area contributed by atoms with Gasteiger partial charge in [-0.3, -0.25) is 5.21 Å². The first kappa shape index (κ1) is 17.0. The monoisotopic (exact) mass is 312 g/mol. The second-order valence-corrected chi connectivity index (χ2v) is 5.60. The first-order chi connectivity index (χ1) is 11.1. The number of amides is 2. The van der Waals surface area contributed by atoms with Crippen molar-refractivity contribution in [2.45, 2.75) is 39.2 Å². The van der Waals surface area contributed by atoms with Crippen LogP contribution in [0, 0.1) is 0 Å². The number of carbonyl (C=O) groups is 1. The quantitative estimate of drug-likeness (QED) is 0.600. The summed E-state index contributed by atoms with van der Waals surface area (Å²) in [4.78, 5) is 12.0. The molecule has 2 amide bonds. The van der Waals surface area contributed by atoms with E-state index in [0.717, 1.165) is 24.3 Å². The Hall–Kier alpha value is -2.33. The maximum Gasteiger partial charge on any atom is 0.345 e. The van der Waals surface area contributed by atoms with E-state index < -0.39 is 6.03 Å². The van der Waals surface area contributed by atoms with Gasteiger partial charge in [0.1, 0.15) is 0 Å². The van der Waals surface area contributed by atoms with Crippen molar-refractivity contribution in [3.63, 3.8) is 0 Å². The summed E-state index contributed by atoms with van der Waals surface area (Å²) in [5.74, 6) is 0. The van der Waals surface area contributed by atoms with Crippen LogP contribution < -0.4 is 5.32 Å².